The van der Waals surface area contributed by atoms with Gasteiger partial charge in [-0.1, -0.05) is 18.6 Å². The van der Waals surface area contributed by atoms with Crippen molar-refractivity contribution < 1.29 is 9.59 Å². The van der Waals surface area contributed by atoms with Gasteiger partial charge in [-0.25, -0.2) is 0 Å². The SMILES string of the molecule is NCCCCCC(=O)Nc1ccccc1N1CCCC1=O. The molecule has 0 saturated carbocycles. The summed E-state index contributed by atoms with van der Waals surface area (Å²) < 4.78 is 0. The Morgan fingerprint density at radius 1 is 1.24 bits per heavy atom. The standard InChI is InChI=1S/C16H23N3O2/c17-11-5-1-2-9-15(20)18-13-7-3-4-8-14(13)19-12-6-10-16(19)21/h3-4,7-8H,1-2,5-6,9-12,17H2,(H,18,20). The van der Waals surface area contributed by atoms with Gasteiger partial charge in [0.1, 0.15) is 0 Å². The number of benzene rings is 1. The molecule has 0 aromatic heterocycles. The maximum absolute atomic E-state index is 12.0. The van der Waals surface area contributed by atoms with Crippen LogP contribution in [-0.2, 0) is 9.59 Å². The number of nitrogens with zero attached hydrogens (tertiary/aromatic N) is 1. The van der Waals surface area contributed by atoms with Gasteiger partial charge in [0.05, 0.1) is 11.4 Å². The number of nitrogens with two attached hydrogens (primary N) is 1. The van der Waals surface area contributed by atoms with E-state index in [9.17, 15) is 9.59 Å². The second-order valence-corrected chi connectivity index (χ2v) is 5.31. The van der Waals surface area contributed by atoms with E-state index >= 15 is 0 Å². The monoisotopic (exact) mass is 289 g/mol. The number of rotatable bonds is 7. The number of unbranched alkanes of at least 4 members (excludes halogenated alkanes) is 2. The first-order chi connectivity index (χ1) is 10.2. The van der Waals surface area contributed by atoms with Crippen molar-refractivity contribution in [3.05, 3.63) is 24.3 Å². The number of amides is 2. The third-order valence-corrected chi connectivity index (χ3v) is 3.65. The zero-order valence-electron chi connectivity index (χ0n) is 12.3. The molecule has 5 heteroatoms. The molecule has 1 aliphatic rings. The van der Waals surface area contributed by atoms with Crippen LogP contribution in [0.2, 0.25) is 0 Å². The predicted molar refractivity (Wildman–Crippen MR) is 84.2 cm³/mol. The third-order valence-electron chi connectivity index (χ3n) is 3.65. The van der Waals surface area contributed by atoms with E-state index in [4.69, 9.17) is 5.73 Å². The number of para-hydroxylation sites is 2. The first kappa shape index (κ1) is 15.5. The Labute approximate surface area is 125 Å². The maximum Gasteiger partial charge on any atom is 0.227 e. The molecule has 0 atom stereocenters. The van der Waals surface area contributed by atoms with E-state index in [-0.39, 0.29) is 11.8 Å². The molecule has 1 heterocycles. The average Bonchev–Trinajstić information content (AvgIpc) is 2.90. The molecule has 3 N–H and O–H groups in total. The quantitative estimate of drug-likeness (QED) is 0.756. The van der Waals surface area contributed by atoms with Crippen LogP contribution < -0.4 is 16.0 Å². The Morgan fingerprint density at radius 3 is 2.76 bits per heavy atom. The number of carbonyl (C=O) groups excluding carboxylic acids is 2. The molecular weight excluding hydrogens is 266 g/mol. The van der Waals surface area contributed by atoms with Crippen molar-refractivity contribution in [3.63, 3.8) is 0 Å². The van der Waals surface area contributed by atoms with E-state index in [0.29, 0.717) is 19.4 Å². The van der Waals surface area contributed by atoms with E-state index in [0.717, 1.165) is 43.6 Å². The Hall–Kier alpha value is -1.88. The number of nitrogens with one attached hydrogen (secondary N) is 1. The molecule has 1 aromatic carbocycles. The van der Waals surface area contributed by atoms with Crippen LogP contribution in [-0.4, -0.2) is 24.9 Å². The van der Waals surface area contributed by atoms with Crippen molar-refractivity contribution in [1.82, 2.24) is 0 Å². The second kappa shape index (κ2) is 7.78. The summed E-state index contributed by atoms with van der Waals surface area (Å²) in [5.41, 5.74) is 6.95. The molecule has 5 nitrogen and oxygen atoms in total. The molecule has 0 radical (unpaired) electrons. The van der Waals surface area contributed by atoms with Crippen LogP contribution in [0.15, 0.2) is 24.3 Å². The summed E-state index contributed by atoms with van der Waals surface area (Å²) in [7, 11) is 0. The van der Waals surface area contributed by atoms with Gasteiger partial charge in [0.25, 0.3) is 0 Å². The minimum atomic E-state index is -0.00822. The first-order valence-corrected chi connectivity index (χ1v) is 7.61. The molecule has 0 bridgehead atoms. The van der Waals surface area contributed by atoms with Gasteiger partial charge in [0, 0.05) is 19.4 Å². The van der Waals surface area contributed by atoms with Crippen LogP contribution >= 0.6 is 0 Å². The maximum atomic E-state index is 12.0. The van der Waals surface area contributed by atoms with Gasteiger partial charge in [-0.2, -0.15) is 0 Å². The van der Waals surface area contributed by atoms with E-state index in [1.54, 1.807) is 4.90 Å². The molecule has 1 saturated heterocycles. The summed E-state index contributed by atoms with van der Waals surface area (Å²) in [6.45, 7) is 1.39. The molecule has 2 amide bonds. The van der Waals surface area contributed by atoms with Crippen LogP contribution in [0.1, 0.15) is 38.5 Å². The van der Waals surface area contributed by atoms with E-state index in [1.165, 1.54) is 0 Å². The van der Waals surface area contributed by atoms with Crippen LogP contribution in [0.3, 0.4) is 0 Å². The van der Waals surface area contributed by atoms with E-state index < -0.39 is 0 Å². The van der Waals surface area contributed by atoms with Crippen molar-refractivity contribution in [2.24, 2.45) is 5.73 Å². The zero-order chi connectivity index (χ0) is 15.1. The summed E-state index contributed by atoms with van der Waals surface area (Å²) in [5, 5.41) is 2.92. The van der Waals surface area contributed by atoms with Gasteiger partial charge in [-0.15, -0.1) is 0 Å². The van der Waals surface area contributed by atoms with Crippen molar-refractivity contribution in [1.29, 1.82) is 0 Å². The van der Waals surface area contributed by atoms with Crippen LogP contribution in [0.25, 0.3) is 0 Å². The van der Waals surface area contributed by atoms with Gasteiger partial charge >= 0.3 is 0 Å². The summed E-state index contributed by atoms with van der Waals surface area (Å²) >= 11 is 0. The molecule has 1 aromatic rings. The highest BCUT2D eigenvalue weighted by atomic mass is 16.2. The Kier molecular flexibility index (Phi) is 5.75. The van der Waals surface area contributed by atoms with Gasteiger partial charge in [-0.05, 0) is 37.9 Å². The third kappa shape index (κ3) is 4.29. The van der Waals surface area contributed by atoms with E-state index in [1.807, 2.05) is 24.3 Å². The highest BCUT2D eigenvalue weighted by molar-refractivity contribution is 6.02. The number of anilines is 2. The van der Waals surface area contributed by atoms with E-state index in [2.05, 4.69) is 5.32 Å². The fourth-order valence-electron chi connectivity index (χ4n) is 2.54. The molecule has 2 rings (SSSR count). The van der Waals surface area contributed by atoms with Crippen LogP contribution in [0.5, 0.6) is 0 Å². The highest BCUT2D eigenvalue weighted by Crippen LogP contribution is 2.29. The lowest BCUT2D eigenvalue weighted by Gasteiger charge is -2.20. The summed E-state index contributed by atoms with van der Waals surface area (Å²) in [5.74, 6) is 0.116. The molecular formula is C16H23N3O2. The van der Waals surface area contributed by atoms with Gasteiger partial charge in [0.15, 0.2) is 0 Å². The second-order valence-electron chi connectivity index (χ2n) is 5.31. The van der Waals surface area contributed by atoms with Gasteiger partial charge < -0.3 is 16.0 Å². The fourth-order valence-corrected chi connectivity index (χ4v) is 2.54. The molecule has 0 unspecified atom stereocenters. The van der Waals surface area contributed by atoms with Crippen molar-refractivity contribution >= 4 is 23.2 Å². The molecule has 1 aliphatic heterocycles. The largest absolute Gasteiger partial charge is 0.330 e. The number of carbonyl (C=O) groups is 2. The molecule has 21 heavy (non-hydrogen) atoms. The lowest BCUT2D eigenvalue weighted by molar-refractivity contribution is -0.117. The smallest absolute Gasteiger partial charge is 0.227 e. The summed E-state index contributed by atoms with van der Waals surface area (Å²) in [6, 6.07) is 7.48. The topological polar surface area (TPSA) is 75.4 Å². The summed E-state index contributed by atoms with van der Waals surface area (Å²) in [4.78, 5) is 25.6. The Bertz CT molecular complexity index is 502. The average molecular weight is 289 g/mol. The predicted octanol–water partition coefficient (Wildman–Crippen LogP) is 2.27. The molecule has 0 aliphatic carbocycles. The van der Waals surface area contributed by atoms with Crippen molar-refractivity contribution in [2.45, 2.75) is 38.5 Å². The minimum absolute atomic E-state index is 0.00822. The summed E-state index contributed by atoms with van der Waals surface area (Å²) in [6.07, 6.45) is 4.71. The molecule has 114 valence electrons. The van der Waals surface area contributed by atoms with Gasteiger partial charge in [0.2, 0.25) is 11.8 Å². The van der Waals surface area contributed by atoms with Crippen molar-refractivity contribution in [3.8, 4) is 0 Å². The minimum Gasteiger partial charge on any atom is -0.330 e. The lowest BCUT2D eigenvalue weighted by Crippen LogP contribution is -2.25. The molecule has 0 spiro atoms. The van der Waals surface area contributed by atoms with Crippen LogP contribution in [0.4, 0.5) is 11.4 Å². The Balaban J connectivity index is 1.96. The normalized spacial score (nSPS) is 14.5. The van der Waals surface area contributed by atoms with Crippen LogP contribution in [0, 0.1) is 0 Å². The first-order valence-electron chi connectivity index (χ1n) is 7.61. The number of hydrogen-bond donors (Lipinski definition) is 2. The zero-order valence-corrected chi connectivity index (χ0v) is 12.3. The number of hydrogen-bond acceptors (Lipinski definition) is 3. The molecule has 1 fully saturated rings. The highest BCUT2D eigenvalue weighted by Gasteiger charge is 2.23. The lowest BCUT2D eigenvalue weighted by atomic mass is 10.2. The van der Waals surface area contributed by atoms with Crippen molar-refractivity contribution in [2.75, 3.05) is 23.3 Å². The Morgan fingerprint density at radius 2 is 2.05 bits per heavy atom. The fraction of sp³-hybridized carbons (Fsp3) is 0.500. The van der Waals surface area contributed by atoms with Gasteiger partial charge in [-0.3, -0.25) is 9.59 Å².